The summed E-state index contributed by atoms with van der Waals surface area (Å²) in [5, 5.41) is 13.7. The van der Waals surface area contributed by atoms with Crippen LogP contribution in [0.3, 0.4) is 0 Å². The first-order chi connectivity index (χ1) is 16.5. The highest BCUT2D eigenvalue weighted by Gasteiger charge is 2.35. The van der Waals surface area contributed by atoms with Crippen LogP contribution < -0.4 is 15.6 Å². The molecule has 2 aromatic heterocycles. The molecular weight excluding hydrogens is 468 g/mol. The fourth-order valence-electron chi connectivity index (χ4n) is 4.88. The average Bonchev–Trinajstić information content (AvgIpc) is 3.55. The van der Waals surface area contributed by atoms with Gasteiger partial charge in [0.2, 0.25) is 5.91 Å². The highest BCUT2D eigenvalue weighted by molar-refractivity contribution is 7.99. The van der Waals surface area contributed by atoms with Crippen LogP contribution in [0, 0.1) is 11.3 Å². The first kappa shape index (κ1) is 22.9. The van der Waals surface area contributed by atoms with Gasteiger partial charge in [-0.3, -0.25) is 14.2 Å². The molecule has 0 unspecified atom stereocenters. The van der Waals surface area contributed by atoms with E-state index >= 15 is 0 Å². The number of carbonyl (C=O) groups excluding carboxylic acids is 1. The molecule has 5 rings (SSSR count). The Balaban J connectivity index is 1.50. The molecule has 1 amide bonds. The monoisotopic (exact) mass is 494 g/mol. The number of nitriles is 1. The maximum absolute atomic E-state index is 13.7. The lowest BCUT2D eigenvalue weighted by atomic mass is 10.0. The summed E-state index contributed by atoms with van der Waals surface area (Å²) < 4.78 is 7.16. The Morgan fingerprint density at radius 1 is 1.26 bits per heavy atom. The summed E-state index contributed by atoms with van der Waals surface area (Å²) in [6.07, 6.45) is 6.21. The van der Waals surface area contributed by atoms with Crippen LogP contribution in [0.15, 0.2) is 34.2 Å². The molecule has 2 aliphatic carbocycles. The zero-order chi connectivity index (χ0) is 23.7. The van der Waals surface area contributed by atoms with E-state index < -0.39 is 5.54 Å². The lowest BCUT2D eigenvalue weighted by molar-refractivity contribution is -0.119. The second-order valence-electron chi connectivity index (χ2n) is 8.74. The Bertz CT molecular complexity index is 1330. The van der Waals surface area contributed by atoms with Gasteiger partial charge in [0.15, 0.2) is 5.16 Å². The van der Waals surface area contributed by atoms with Gasteiger partial charge in [-0.1, -0.05) is 11.8 Å². The van der Waals surface area contributed by atoms with Crippen molar-refractivity contribution in [3.63, 3.8) is 0 Å². The molecule has 2 heterocycles. The number of fused-ring (bicyclic) bond motifs is 3. The number of rotatable bonds is 7. The lowest BCUT2D eigenvalue weighted by Crippen LogP contribution is -2.45. The number of nitrogens with zero attached hydrogens (tertiary/aromatic N) is 3. The van der Waals surface area contributed by atoms with Crippen molar-refractivity contribution in [1.29, 1.82) is 5.26 Å². The van der Waals surface area contributed by atoms with Gasteiger partial charge < -0.3 is 10.1 Å². The predicted molar refractivity (Wildman–Crippen MR) is 134 cm³/mol. The van der Waals surface area contributed by atoms with E-state index in [4.69, 9.17) is 9.72 Å². The van der Waals surface area contributed by atoms with Crippen LogP contribution >= 0.6 is 23.1 Å². The standard InChI is InChI=1S/C25H26N4O3S2/c1-2-32-17-10-8-16(9-11-17)29-23(31)21-18-6-5-7-19(18)34-22(21)27-24(29)33-14-20(30)28-25(15-26)12-3-4-13-25/h8-11H,2-7,12-14H2,1H3,(H,28,30). The molecule has 3 aromatic rings. The number of ether oxygens (including phenoxy) is 1. The molecule has 7 nitrogen and oxygen atoms in total. The van der Waals surface area contributed by atoms with Crippen LogP contribution in [-0.4, -0.2) is 33.4 Å². The number of hydrogen-bond donors (Lipinski definition) is 1. The molecule has 2 aliphatic rings. The molecule has 1 saturated carbocycles. The number of nitrogens with one attached hydrogen (secondary N) is 1. The normalized spacial score (nSPS) is 16.4. The van der Waals surface area contributed by atoms with Crippen LogP contribution in [-0.2, 0) is 17.6 Å². The number of aromatic nitrogens is 2. The van der Waals surface area contributed by atoms with Gasteiger partial charge in [-0.25, -0.2) is 4.98 Å². The smallest absolute Gasteiger partial charge is 0.267 e. The van der Waals surface area contributed by atoms with E-state index in [2.05, 4.69) is 11.4 Å². The first-order valence-corrected chi connectivity index (χ1v) is 13.5. The van der Waals surface area contributed by atoms with Crippen LogP contribution in [0.1, 0.15) is 49.5 Å². The van der Waals surface area contributed by atoms with Gasteiger partial charge in [0, 0.05) is 4.88 Å². The van der Waals surface area contributed by atoms with E-state index in [-0.39, 0.29) is 17.2 Å². The number of thiophene rings is 1. The highest BCUT2D eigenvalue weighted by atomic mass is 32.2. The zero-order valence-electron chi connectivity index (χ0n) is 19.1. The summed E-state index contributed by atoms with van der Waals surface area (Å²) in [5.74, 6) is 0.607. The fraction of sp³-hybridized carbons (Fsp3) is 0.440. The summed E-state index contributed by atoms with van der Waals surface area (Å²) in [4.78, 5) is 33.3. The second-order valence-corrected chi connectivity index (χ2v) is 10.8. The molecule has 0 spiro atoms. The number of aryl methyl sites for hydroxylation is 2. The quantitative estimate of drug-likeness (QED) is 0.387. The SMILES string of the molecule is CCOc1ccc(-n2c(SCC(=O)NC3(C#N)CCCC3)nc3sc4c(c3c2=O)CCC4)cc1. The minimum atomic E-state index is -0.766. The molecule has 1 fully saturated rings. The van der Waals surface area contributed by atoms with Crippen molar-refractivity contribution >= 4 is 39.2 Å². The molecule has 0 saturated heterocycles. The van der Waals surface area contributed by atoms with E-state index in [0.29, 0.717) is 35.7 Å². The summed E-state index contributed by atoms with van der Waals surface area (Å²) in [7, 11) is 0. The third kappa shape index (κ3) is 4.21. The maximum Gasteiger partial charge on any atom is 0.267 e. The predicted octanol–water partition coefficient (Wildman–Crippen LogP) is 4.38. The van der Waals surface area contributed by atoms with Crippen molar-refractivity contribution in [2.24, 2.45) is 0 Å². The number of benzene rings is 1. The highest BCUT2D eigenvalue weighted by Crippen LogP contribution is 2.36. The van der Waals surface area contributed by atoms with Gasteiger partial charge in [0.05, 0.1) is 29.5 Å². The Kier molecular flexibility index (Phi) is 6.36. The van der Waals surface area contributed by atoms with Gasteiger partial charge in [0.25, 0.3) is 5.56 Å². The molecule has 34 heavy (non-hydrogen) atoms. The summed E-state index contributed by atoms with van der Waals surface area (Å²) in [6.45, 7) is 2.49. The van der Waals surface area contributed by atoms with Gasteiger partial charge in [-0.2, -0.15) is 5.26 Å². The number of hydrogen-bond acceptors (Lipinski definition) is 7. The molecule has 9 heteroatoms. The van der Waals surface area contributed by atoms with E-state index in [1.165, 1.54) is 16.6 Å². The van der Waals surface area contributed by atoms with E-state index in [1.54, 1.807) is 15.9 Å². The first-order valence-electron chi connectivity index (χ1n) is 11.7. The third-order valence-electron chi connectivity index (χ3n) is 6.50. The van der Waals surface area contributed by atoms with Gasteiger partial charge >= 0.3 is 0 Å². The van der Waals surface area contributed by atoms with E-state index in [9.17, 15) is 14.9 Å². The lowest BCUT2D eigenvalue weighted by Gasteiger charge is -2.22. The van der Waals surface area contributed by atoms with Crippen molar-refractivity contribution < 1.29 is 9.53 Å². The number of thioether (sulfide) groups is 1. The maximum atomic E-state index is 13.7. The van der Waals surface area contributed by atoms with Crippen molar-refractivity contribution in [3.05, 3.63) is 45.1 Å². The fourth-order valence-corrected chi connectivity index (χ4v) is 7.00. The van der Waals surface area contributed by atoms with Gasteiger partial charge in [-0.15, -0.1) is 11.3 Å². The number of carbonyl (C=O) groups is 1. The van der Waals surface area contributed by atoms with Crippen LogP contribution in [0.25, 0.3) is 15.9 Å². The third-order valence-corrected chi connectivity index (χ3v) is 8.62. The van der Waals surface area contributed by atoms with Crippen molar-refractivity contribution in [1.82, 2.24) is 14.9 Å². The summed E-state index contributed by atoms with van der Waals surface area (Å²) in [6, 6.07) is 9.66. The molecular formula is C25H26N4O3S2. The van der Waals surface area contributed by atoms with E-state index in [0.717, 1.165) is 48.2 Å². The minimum absolute atomic E-state index is 0.0868. The van der Waals surface area contributed by atoms with Crippen molar-refractivity contribution in [2.75, 3.05) is 12.4 Å². The largest absolute Gasteiger partial charge is 0.494 e. The van der Waals surface area contributed by atoms with E-state index in [1.807, 2.05) is 31.2 Å². The minimum Gasteiger partial charge on any atom is -0.494 e. The molecule has 0 radical (unpaired) electrons. The topological polar surface area (TPSA) is 97.0 Å². The molecule has 0 bridgehead atoms. The average molecular weight is 495 g/mol. The summed E-state index contributed by atoms with van der Waals surface area (Å²) >= 11 is 2.82. The zero-order valence-corrected chi connectivity index (χ0v) is 20.7. The second kappa shape index (κ2) is 9.43. The Morgan fingerprint density at radius 3 is 2.74 bits per heavy atom. The molecule has 1 N–H and O–H groups in total. The molecule has 0 atom stereocenters. The summed E-state index contributed by atoms with van der Waals surface area (Å²) in [5.41, 5.74) is 0.954. The number of amides is 1. The Labute approximate surface area is 206 Å². The van der Waals surface area contributed by atoms with Gasteiger partial charge in [-0.05, 0) is 81.7 Å². The Hall–Kier alpha value is -2.83. The molecule has 1 aromatic carbocycles. The van der Waals surface area contributed by atoms with Crippen molar-refractivity contribution in [3.8, 4) is 17.5 Å². The van der Waals surface area contributed by atoms with Gasteiger partial charge in [0.1, 0.15) is 16.1 Å². The van der Waals surface area contributed by atoms with Crippen LogP contribution in [0.2, 0.25) is 0 Å². The van der Waals surface area contributed by atoms with Crippen molar-refractivity contribution in [2.45, 2.75) is 62.6 Å². The molecule has 176 valence electrons. The molecule has 0 aliphatic heterocycles. The van der Waals surface area contributed by atoms with Crippen LogP contribution in [0.5, 0.6) is 5.75 Å². The Morgan fingerprint density at radius 2 is 2.03 bits per heavy atom. The van der Waals surface area contributed by atoms with Crippen LogP contribution in [0.4, 0.5) is 0 Å².